The van der Waals surface area contributed by atoms with E-state index in [1.54, 1.807) is 0 Å². The van der Waals surface area contributed by atoms with E-state index in [1.165, 1.54) is 0 Å². The first-order valence-electron chi connectivity index (χ1n) is 3.86. The minimum atomic E-state index is -1.61. The number of hydrogen-bond donors (Lipinski definition) is 0. The molecule has 6 nitrogen and oxygen atoms in total. The molecule has 0 rings (SSSR count). The molecule has 0 N–H and O–H groups in total. The summed E-state index contributed by atoms with van der Waals surface area (Å²) in [6, 6.07) is 0. The summed E-state index contributed by atoms with van der Waals surface area (Å²) in [5, 5.41) is 20.2. The molecule has 6 heteroatoms. The lowest BCUT2D eigenvalue weighted by Crippen LogP contribution is -2.28. The van der Waals surface area contributed by atoms with Gasteiger partial charge in [0.15, 0.2) is 0 Å². The molecule has 0 radical (unpaired) electrons. The summed E-state index contributed by atoms with van der Waals surface area (Å²) in [5.41, 5.74) is 0. The van der Waals surface area contributed by atoms with Crippen molar-refractivity contribution in [3.8, 4) is 0 Å². The molecule has 0 bridgehead atoms. The van der Waals surface area contributed by atoms with Gasteiger partial charge >= 0.3 is 6.17 Å². The van der Waals surface area contributed by atoms with Gasteiger partial charge in [0, 0.05) is 0 Å². The van der Waals surface area contributed by atoms with Gasteiger partial charge in [-0.05, 0) is 6.42 Å². The Hall–Kier alpha value is -1.20. The fourth-order valence-corrected chi connectivity index (χ4v) is 0.865. The van der Waals surface area contributed by atoms with Gasteiger partial charge in [-0.15, -0.1) is 0 Å². The van der Waals surface area contributed by atoms with E-state index in [2.05, 4.69) is 0 Å². The zero-order valence-electron chi connectivity index (χ0n) is 6.93. The molecule has 0 aliphatic rings. The zero-order valence-corrected chi connectivity index (χ0v) is 6.93. The molecule has 0 saturated heterocycles. The Bertz CT molecular complexity index is 157. The predicted molar refractivity (Wildman–Crippen MR) is 41.9 cm³/mol. The quantitative estimate of drug-likeness (QED) is 0.265. The molecule has 0 aliphatic carbocycles. The van der Waals surface area contributed by atoms with Crippen LogP contribution in [0.15, 0.2) is 0 Å². The zero-order chi connectivity index (χ0) is 9.56. The lowest BCUT2D eigenvalue weighted by atomic mass is 10.2. The van der Waals surface area contributed by atoms with Gasteiger partial charge in [-0.25, -0.2) is 0 Å². The van der Waals surface area contributed by atoms with E-state index in [4.69, 9.17) is 0 Å². The summed E-state index contributed by atoms with van der Waals surface area (Å²) in [6.45, 7) is 1.94. The van der Waals surface area contributed by atoms with Crippen molar-refractivity contribution in [2.24, 2.45) is 0 Å². The monoisotopic (exact) mass is 176 g/mol. The van der Waals surface area contributed by atoms with E-state index in [1.807, 2.05) is 6.92 Å². The normalized spacial score (nSPS) is 10.2. The lowest BCUT2D eigenvalue weighted by Gasteiger charge is -2.00. The van der Waals surface area contributed by atoms with Crippen molar-refractivity contribution in [3.63, 3.8) is 0 Å². The number of nitro groups is 2. The van der Waals surface area contributed by atoms with Crippen LogP contribution in [0.3, 0.4) is 0 Å². The van der Waals surface area contributed by atoms with Crippen LogP contribution < -0.4 is 0 Å². The summed E-state index contributed by atoms with van der Waals surface area (Å²) >= 11 is 0. The van der Waals surface area contributed by atoms with Crippen LogP contribution in [0, 0.1) is 20.2 Å². The summed E-state index contributed by atoms with van der Waals surface area (Å²) in [7, 11) is 0. The molecule has 12 heavy (non-hydrogen) atoms. The van der Waals surface area contributed by atoms with Gasteiger partial charge in [0.1, 0.15) is 0 Å². The Morgan fingerprint density at radius 2 is 1.67 bits per heavy atom. The molecule has 0 unspecified atom stereocenters. The van der Waals surface area contributed by atoms with Crippen molar-refractivity contribution >= 4 is 0 Å². The summed E-state index contributed by atoms with van der Waals surface area (Å²) < 4.78 is 0. The SMILES string of the molecule is CCCCCC([N+](=O)[O-])[N+](=O)[O-]. The van der Waals surface area contributed by atoms with Crippen LogP contribution in [0.5, 0.6) is 0 Å². The van der Waals surface area contributed by atoms with Crippen LogP contribution >= 0.6 is 0 Å². The first kappa shape index (κ1) is 10.8. The van der Waals surface area contributed by atoms with E-state index in [0.29, 0.717) is 6.42 Å². The third-order valence-electron chi connectivity index (χ3n) is 1.55. The van der Waals surface area contributed by atoms with Gasteiger partial charge < -0.3 is 0 Å². The Labute approximate surface area is 69.9 Å². The maximum absolute atomic E-state index is 10.1. The summed E-state index contributed by atoms with van der Waals surface area (Å²) in [6.07, 6.45) is 0.675. The van der Waals surface area contributed by atoms with Crippen molar-refractivity contribution in [3.05, 3.63) is 20.2 Å². The molecule has 0 spiro atoms. The second-order valence-corrected chi connectivity index (χ2v) is 2.55. The number of unbranched alkanes of at least 4 members (excludes halogenated alkanes) is 2. The van der Waals surface area contributed by atoms with Gasteiger partial charge in [0.25, 0.3) is 0 Å². The number of rotatable bonds is 6. The first-order chi connectivity index (χ1) is 5.59. The average molecular weight is 176 g/mol. The topological polar surface area (TPSA) is 86.3 Å². The third kappa shape index (κ3) is 3.85. The van der Waals surface area contributed by atoms with Crippen molar-refractivity contribution < 1.29 is 9.85 Å². The molecule has 0 saturated carbocycles. The van der Waals surface area contributed by atoms with Crippen LogP contribution in [-0.4, -0.2) is 16.0 Å². The second kappa shape index (κ2) is 5.45. The highest BCUT2D eigenvalue weighted by atomic mass is 16.7. The maximum atomic E-state index is 10.1. The van der Waals surface area contributed by atoms with Crippen LogP contribution in [0.25, 0.3) is 0 Å². The third-order valence-corrected chi connectivity index (χ3v) is 1.55. The highest BCUT2D eigenvalue weighted by molar-refractivity contribution is 4.44. The Kier molecular flexibility index (Phi) is 4.91. The molecule has 0 aromatic carbocycles. The van der Waals surface area contributed by atoms with E-state index >= 15 is 0 Å². The first-order valence-corrected chi connectivity index (χ1v) is 3.86. The molecule has 70 valence electrons. The largest absolute Gasteiger partial charge is 0.450 e. The number of nitrogens with zero attached hydrogens (tertiary/aromatic N) is 2. The van der Waals surface area contributed by atoms with Crippen LogP contribution in [0.2, 0.25) is 0 Å². The lowest BCUT2D eigenvalue weighted by molar-refractivity contribution is -0.743. The second-order valence-electron chi connectivity index (χ2n) is 2.55. The molecule has 0 heterocycles. The molecule has 0 fully saturated rings. The van der Waals surface area contributed by atoms with Gasteiger partial charge in [0.05, 0.1) is 16.3 Å². The minimum Gasteiger partial charge on any atom is -0.259 e. The standard InChI is InChI=1S/C6H12N2O4/c1-2-3-4-5-6(7(9)10)8(11)12/h6H,2-5H2,1H3. The van der Waals surface area contributed by atoms with E-state index in [9.17, 15) is 20.2 Å². The number of hydrogen-bond acceptors (Lipinski definition) is 4. The van der Waals surface area contributed by atoms with Crippen molar-refractivity contribution in [1.29, 1.82) is 0 Å². The highest BCUT2D eigenvalue weighted by Crippen LogP contribution is 2.06. The molecular weight excluding hydrogens is 164 g/mol. The van der Waals surface area contributed by atoms with Crippen LogP contribution in [-0.2, 0) is 0 Å². The van der Waals surface area contributed by atoms with Gasteiger partial charge in [-0.2, -0.15) is 0 Å². The van der Waals surface area contributed by atoms with Crippen molar-refractivity contribution in [2.75, 3.05) is 0 Å². The van der Waals surface area contributed by atoms with Gasteiger partial charge in [0.2, 0.25) is 0 Å². The van der Waals surface area contributed by atoms with Crippen molar-refractivity contribution in [2.45, 2.75) is 38.8 Å². The molecule has 0 aromatic heterocycles. The van der Waals surface area contributed by atoms with Gasteiger partial charge in [-0.3, -0.25) is 20.2 Å². The molecule has 0 aliphatic heterocycles. The Morgan fingerprint density at radius 1 is 1.17 bits per heavy atom. The predicted octanol–water partition coefficient (Wildman–Crippen LogP) is 1.45. The van der Waals surface area contributed by atoms with Crippen LogP contribution in [0.4, 0.5) is 0 Å². The average Bonchev–Trinajstić information content (AvgIpc) is 1.96. The smallest absolute Gasteiger partial charge is 0.259 e. The Balaban J connectivity index is 3.80. The fraction of sp³-hybridized carbons (Fsp3) is 1.00. The highest BCUT2D eigenvalue weighted by Gasteiger charge is 2.30. The fourth-order valence-electron chi connectivity index (χ4n) is 0.865. The molecule has 0 atom stereocenters. The van der Waals surface area contributed by atoms with Crippen LogP contribution in [0.1, 0.15) is 32.6 Å². The van der Waals surface area contributed by atoms with E-state index < -0.39 is 16.0 Å². The van der Waals surface area contributed by atoms with Crippen molar-refractivity contribution in [1.82, 2.24) is 0 Å². The van der Waals surface area contributed by atoms with E-state index in [0.717, 1.165) is 12.8 Å². The maximum Gasteiger partial charge on any atom is 0.450 e. The minimum absolute atomic E-state index is 0.0356. The summed E-state index contributed by atoms with van der Waals surface area (Å²) in [5.74, 6) is 0. The van der Waals surface area contributed by atoms with Gasteiger partial charge in [-0.1, -0.05) is 19.8 Å². The Morgan fingerprint density at radius 3 is 2.00 bits per heavy atom. The molecular formula is C6H12N2O4. The molecule has 0 aromatic rings. The molecule has 0 amide bonds. The summed E-state index contributed by atoms with van der Waals surface area (Å²) in [4.78, 5) is 18.5. The van der Waals surface area contributed by atoms with E-state index in [-0.39, 0.29) is 6.42 Å².